The molecule has 0 spiro atoms. The number of nitrogens with one attached hydrogen (secondary N) is 1. The Labute approximate surface area is 144 Å². The third-order valence-electron chi connectivity index (χ3n) is 5.25. The van der Waals surface area contributed by atoms with E-state index in [1.165, 1.54) is 17.6 Å². The van der Waals surface area contributed by atoms with Gasteiger partial charge >= 0.3 is 5.97 Å². The van der Waals surface area contributed by atoms with Crippen LogP contribution < -0.4 is 5.32 Å². The normalized spacial score (nSPS) is 25.6. The van der Waals surface area contributed by atoms with Gasteiger partial charge in [0.2, 0.25) is 0 Å². The van der Waals surface area contributed by atoms with Gasteiger partial charge in [0.05, 0.1) is 6.42 Å². The molecule has 1 saturated heterocycles. The van der Waals surface area contributed by atoms with Gasteiger partial charge in [-0.2, -0.15) is 0 Å². The lowest BCUT2D eigenvalue weighted by Crippen LogP contribution is -2.44. The monoisotopic (exact) mass is 328 g/mol. The number of carbonyl (C=O) groups is 1. The number of hydrogen-bond donors (Lipinski definition) is 2. The first kappa shape index (κ1) is 17.2. The summed E-state index contributed by atoms with van der Waals surface area (Å²) in [6, 6.07) is 11.7. The quantitative estimate of drug-likeness (QED) is 0.808. The molecule has 0 unspecified atom stereocenters. The largest absolute Gasteiger partial charge is 0.481 e. The molecule has 1 heterocycles. The second kappa shape index (κ2) is 7.95. The van der Waals surface area contributed by atoms with Gasteiger partial charge in [0, 0.05) is 18.6 Å². The Morgan fingerprint density at radius 3 is 2.67 bits per heavy atom. The van der Waals surface area contributed by atoms with Gasteiger partial charge < -0.3 is 15.3 Å². The van der Waals surface area contributed by atoms with Crippen LogP contribution in [0.25, 0.3) is 6.08 Å². The number of likely N-dealkylation sites (tertiary alicyclic amines) is 1. The van der Waals surface area contributed by atoms with E-state index >= 15 is 0 Å². The summed E-state index contributed by atoms with van der Waals surface area (Å²) >= 11 is 0. The summed E-state index contributed by atoms with van der Waals surface area (Å²) in [5.74, 6) is -0.0213. The van der Waals surface area contributed by atoms with Crippen molar-refractivity contribution in [1.29, 1.82) is 0 Å². The Morgan fingerprint density at radius 2 is 2.00 bits per heavy atom. The van der Waals surface area contributed by atoms with E-state index in [0.29, 0.717) is 24.5 Å². The molecule has 1 aliphatic heterocycles. The minimum Gasteiger partial charge on any atom is -0.481 e. The summed E-state index contributed by atoms with van der Waals surface area (Å²) in [7, 11) is 0. The standard InChI is InChI=1S/C20H28N2O2/c1-15(13-16-5-3-2-4-6-16)18-14-19(18)21-17-7-10-22(11-8-17)12-9-20(23)24/h2-6,13,17-19,21H,7-12,14H2,1H3,(H,23,24)/t18-,19+/m0/s1. The zero-order chi connectivity index (χ0) is 16.9. The molecule has 3 rings (SSSR count). The maximum atomic E-state index is 10.6. The van der Waals surface area contributed by atoms with Gasteiger partial charge in [-0.3, -0.25) is 4.79 Å². The molecule has 130 valence electrons. The van der Waals surface area contributed by atoms with Crippen LogP contribution in [0.1, 0.15) is 38.2 Å². The molecule has 2 aliphatic rings. The summed E-state index contributed by atoms with van der Waals surface area (Å²) < 4.78 is 0. The molecule has 0 radical (unpaired) electrons. The third-order valence-corrected chi connectivity index (χ3v) is 5.25. The van der Waals surface area contributed by atoms with E-state index in [1.807, 2.05) is 0 Å². The molecule has 2 atom stereocenters. The highest BCUT2D eigenvalue weighted by Gasteiger charge is 2.39. The van der Waals surface area contributed by atoms with E-state index in [1.54, 1.807) is 0 Å². The number of benzene rings is 1. The zero-order valence-corrected chi connectivity index (χ0v) is 14.4. The van der Waals surface area contributed by atoms with Crippen molar-refractivity contribution in [3.05, 3.63) is 41.5 Å². The lowest BCUT2D eigenvalue weighted by molar-refractivity contribution is -0.137. The maximum absolute atomic E-state index is 10.6. The van der Waals surface area contributed by atoms with Crippen LogP contribution in [0, 0.1) is 5.92 Å². The van der Waals surface area contributed by atoms with Crippen molar-refractivity contribution in [2.45, 2.75) is 44.7 Å². The number of hydrogen-bond acceptors (Lipinski definition) is 3. The molecule has 1 saturated carbocycles. The van der Waals surface area contributed by atoms with Crippen molar-refractivity contribution in [2.75, 3.05) is 19.6 Å². The Kier molecular flexibility index (Phi) is 5.69. The predicted octanol–water partition coefficient (Wildman–Crippen LogP) is 3.01. The lowest BCUT2D eigenvalue weighted by Gasteiger charge is -2.32. The summed E-state index contributed by atoms with van der Waals surface area (Å²) in [6.07, 6.45) is 6.07. The molecule has 0 bridgehead atoms. The molecular weight excluding hydrogens is 300 g/mol. The van der Waals surface area contributed by atoms with E-state index < -0.39 is 5.97 Å². The minimum absolute atomic E-state index is 0.256. The molecule has 4 heteroatoms. The topological polar surface area (TPSA) is 52.6 Å². The van der Waals surface area contributed by atoms with Crippen LogP contribution in [-0.2, 0) is 4.79 Å². The van der Waals surface area contributed by atoms with Crippen LogP contribution in [0.15, 0.2) is 35.9 Å². The average Bonchev–Trinajstić information content (AvgIpc) is 3.34. The lowest BCUT2D eigenvalue weighted by atomic mass is 10.0. The van der Waals surface area contributed by atoms with Crippen molar-refractivity contribution in [3.63, 3.8) is 0 Å². The van der Waals surface area contributed by atoms with Gasteiger partial charge in [-0.15, -0.1) is 0 Å². The number of carboxylic acid groups (broad SMARTS) is 1. The fraction of sp³-hybridized carbons (Fsp3) is 0.550. The Morgan fingerprint density at radius 1 is 1.29 bits per heavy atom. The Bertz CT molecular complexity index is 577. The van der Waals surface area contributed by atoms with Crippen molar-refractivity contribution >= 4 is 12.0 Å². The van der Waals surface area contributed by atoms with E-state index in [2.05, 4.69) is 53.5 Å². The van der Waals surface area contributed by atoms with Crippen LogP contribution in [0.5, 0.6) is 0 Å². The molecule has 2 N–H and O–H groups in total. The zero-order valence-electron chi connectivity index (χ0n) is 14.4. The number of nitrogens with zero attached hydrogens (tertiary/aromatic N) is 1. The van der Waals surface area contributed by atoms with Crippen molar-refractivity contribution in [2.24, 2.45) is 5.92 Å². The number of piperidine rings is 1. The summed E-state index contributed by atoms with van der Waals surface area (Å²) in [5.41, 5.74) is 2.75. The Hall–Kier alpha value is -1.65. The van der Waals surface area contributed by atoms with Gasteiger partial charge in [-0.05, 0) is 50.8 Å². The summed E-state index contributed by atoms with van der Waals surface area (Å²) in [5, 5.41) is 12.6. The van der Waals surface area contributed by atoms with Crippen LogP contribution in [0.2, 0.25) is 0 Å². The van der Waals surface area contributed by atoms with Crippen LogP contribution >= 0.6 is 0 Å². The second-order valence-corrected chi connectivity index (χ2v) is 7.17. The van der Waals surface area contributed by atoms with E-state index in [4.69, 9.17) is 5.11 Å². The SMILES string of the molecule is CC(=Cc1ccccc1)[C@@H]1C[C@H]1NC1CCN(CCC(=O)O)CC1. The first-order valence-corrected chi connectivity index (χ1v) is 9.05. The van der Waals surface area contributed by atoms with E-state index in [-0.39, 0.29) is 6.42 Å². The van der Waals surface area contributed by atoms with E-state index in [0.717, 1.165) is 25.9 Å². The first-order valence-electron chi connectivity index (χ1n) is 9.05. The highest BCUT2D eigenvalue weighted by atomic mass is 16.4. The average molecular weight is 328 g/mol. The van der Waals surface area contributed by atoms with Gasteiger partial charge in [0.25, 0.3) is 0 Å². The molecule has 24 heavy (non-hydrogen) atoms. The fourth-order valence-electron chi connectivity index (χ4n) is 3.68. The predicted molar refractivity (Wildman–Crippen MR) is 96.8 cm³/mol. The van der Waals surface area contributed by atoms with Crippen LogP contribution in [0.4, 0.5) is 0 Å². The molecule has 0 aromatic heterocycles. The Balaban J connectivity index is 1.40. The van der Waals surface area contributed by atoms with Gasteiger partial charge in [-0.25, -0.2) is 0 Å². The third kappa shape index (κ3) is 4.92. The second-order valence-electron chi connectivity index (χ2n) is 7.17. The highest BCUT2D eigenvalue weighted by molar-refractivity contribution is 5.66. The molecular formula is C20H28N2O2. The molecule has 1 aliphatic carbocycles. The highest BCUT2D eigenvalue weighted by Crippen LogP contribution is 2.38. The van der Waals surface area contributed by atoms with Gasteiger partial charge in [0.1, 0.15) is 0 Å². The van der Waals surface area contributed by atoms with Crippen LogP contribution in [-0.4, -0.2) is 47.7 Å². The fourth-order valence-corrected chi connectivity index (χ4v) is 3.68. The van der Waals surface area contributed by atoms with Crippen molar-refractivity contribution < 1.29 is 9.90 Å². The smallest absolute Gasteiger partial charge is 0.304 e. The summed E-state index contributed by atoms with van der Waals surface area (Å²) in [4.78, 5) is 12.9. The molecule has 2 fully saturated rings. The molecule has 1 aromatic rings. The molecule has 4 nitrogen and oxygen atoms in total. The molecule has 1 aromatic carbocycles. The van der Waals surface area contributed by atoms with Gasteiger partial charge in [0.15, 0.2) is 0 Å². The number of rotatable bonds is 7. The molecule has 0 amide bonds. The number of aliphatic carboxylic acids is 1. The van der Waals surface area contributed by atoms with E-state index in [9.17, 15) is 4.79 Å². The van der Waals surface area contributed by atoms with Gasteiger partial charge in [-0.1, -0.05) is 42.0 Å². The van der Waals surface area contributed by atoms with Crippen molar-refractivity contribution in [1.82, 2.24) is 10.2 Å². The summed E-state index contributed by atoms with van der Waals surface area (Å²) in [6.45, 7) is 4.96. The first-order chi connectivity index (χ1) is 11.6. The maximum Gasteiger partial charge on any atom is 0.304 e. The van der Waals surface area contributed by atoms with Crippen LogP contribution in [0.3, 0.4) is 0 Å². The van der Waals surface area contributed by atoms with Crippen molar-refractivity contribution in [3.8, 4) is 0 Å². The minimum atomic E-state index is -0.697. The number of carboxylic acids is 1.